The van der Waals surface area contributed by atoms with Gasteiger partial charge in [-0.1, -0.05) is 15.9 Å². The van der Waals surface area contributed by atoms with Crippen LogP contribution >= 0.6 is 15.9 Å². The van der Waals surface area contributed by atoms with Crippen molar-refractivity contribution in [2.75, 3.05) is 0 Å². The second-order valence-electron chi connectivity index (χ2n) is 3.60. The van der Waals surface area contributed by atoms with Crippen molar-refractivity contribution < 1.29 is 13.5 Å². The van der Waals surface area contributed by atoms with Crippen molar-refractivity contribution in [1.29, 1.82) is 0 Å². The summed E-state index contributed by atoms with van der Waals surface area (Å²) in [6.45, 7) is 3.15. The summed E-state index contributed by atoms with van der Waals surface area (Å²) < 4.78 is 26.9. The molecule has 0 aromatic heterocycles. The SMILES string of the molecule is C[C@H](NS(=O)(=O)c1ccc(Br)cc1)[C@@H](C)O. The number of halogens is 1. The minimum Gasteiger partial charge on any atom is -0.392 e. The van der Waals surface area contributed by atoms with E-state index >= 15 is 0 Å². The topological polar surface area (TPSA) is 66.4 Å². The van der Waals surface area contributed by atoms with Crippen LogP contribution in [0.4, 0.5) is 0 Å². The van der Waals surface area contributed by atoms with E-state index in [0.29, 0.717) is 0 Å². The van der Waals surface area contributed by atoms with Crippen molar-refractivity contribution in [3.63, 3.8) is 0 Å². The molecule has 4 nitrogen and oxygen atoms in total. The van der Waals surface area contributed by atoms with Gasteiger partial charge in [-0.2, -0.15) is 0 Å². The molecule has 6 heteroatoms. The van der Waals surface area contributed by atoms with E-state index in [-0.39, 0.29) is 4.90 Å². The van der Waals surface area contributed by atoms with Crippen LogP contribution in [0.2, 0.25) is 0 Å². The van der Waals surface area contributed by atoms with Crippen LogP contribution in [-0.4, -0.2) is 25.7 Å². The second-order valence-corrected chi connectivity index (χ2v) is 6.23. The quantitative estimate of drug-likeness (QED) is 0.886. The molecule has 0 saturated heterocycles. The zero-order valence-corrected chi connectivity index (χ0v) is 11.4. The third-order valence-electron chi connectivity index (χ3n) is 2.19. The average Bonchev–Trinajstić information content (AvgIpc) is 2.17. The Morgan fingerprint density at radius 2 is 1.75 bits per heavy atom. The maximum atomic E-state index is 11.8. The minimum atomic E-state index is -3.55. The highest BCUT2D eigenvalue weighted by molar-refractivity contribution is 9.10. The Labute approximate surface area is 104 Å². The van der Waals surface area contributed by atoms with Gasteiger partial charge in [0.15, 0.2) is 0 Å². The van der Waals surface area contributed by atoms with Gasteiger partial charge >= 0.3 is 0 Å². The van der Waals surface area contributed by atoms with Crippen LogP contribution in [0.1, 0.15) is 13.8 Å². The largest absolute Gasteiger partial charge is 0.392 e. The van der Waals surface area contributed by atoms with Crippen LogP contribution < -0.4 is 4.72 Å². The van der Waals surface area contributed by atoms with Crippen LogP contribution in [0, 0.1) is 0 Å². The molecule has 2 atom stereocenters. The fourth-order valence-corrected chi connectivity index (χ4v) is 2.61. The summed E-state index contributed by atoms with van der Waals surface area (Å²) in [6, 6.07) is 5.79. The molecule has 0 unspecified atom stereocenters. The van der Waals surface area contributed by atoms with Gasteiger partial charge in [-0.05, 0) is 38.1 Å². The Kier molecular flexibility index (Phi) is 4.49. The molecule has 90 valence electrons. The maximum absolute atomic E-state index is 11.8. The molecule has 1 aromatic carbocycles. The van der Waals surface area contributed by atoms with Crippen LogP contribution in [0.25, 0.3) is 0 Å². The number of hydrogen-bond acceptors (Lipinski definition) is 3. The monoisotopic (exact) mass is 307 g/mol. The first-order valence-corrected chi connectivity index (χ1v) is 7.06. The highest BCUT2D eigenvalue weighted by Crippen LogP contribution is 2.15. The molecule has 0 amide bonds. The summed E-state index contributed by atoms with van der Waals surface area (Å²) in [4.78, 5) is 0.184. The summed E-state index contributed by atoms with van der Waals surface area (Å²) in [6.07, 6.45) is -0.731. The van der Waals surface area contributed by atoms with Crippen molar-refractivity contribution in [3.05, 3.63) is 28.7 Å². The predicted octanol–water partition coefficient (Wildman–Crippen LogP) is 1.50. The lowest BCUT2D eigenvalue weighted by Crippen LogP contribution is -2.39. The van der Waals surface area contributed by atoms with Crippen LogP contribution in [-0.2, 0) is 10.0 Å². The molecule has 0 aliphatic rings. The highest BCUT2D eigenvalue weighted by Gasteiger charge is 2.19. The molecule has 0 bridgehead atoms. The number of rotatable bonds is 4. The first-order valence-electron chi connectivity index (χ1n) is 4.79. The molecule has 0 spiro atoms. The second kappa shape index (κ2) is 5.27. The van der Waals surface area contributed by atoms with Crippen molar-refractivity contribution >= 4 is 26.0 Å². The first kappa shape index (κ1) is 13.6. The standard InChI is InChI=1S/C10H14BrNO3S/c1-7(8(2)13)12-16(14,15)10-5-3-9(11)4-6-10/h3-8,12-13H,1-2H3/t7-,8+/m0/s1. The molecule has 0 aliphatic heterocycles. The highest BCUT2D eigenvalue weighted by atomic mass is 79.9. The Balaban J connectivity index is 2.90. The van der Waals surface area contributed by atoms with Gasteiger partial charge in [0.25, 0.3) is 0 Å². The Morgan fingerprint density at radius 1 is 1.25 bits per heavy atom. The minimum absolute atomic E-state index is 0.184. The van der Waals surface area contributed by atoms with E-state index < -0.39 is 22.2 Å². The van der Waals surface area contributed by atoms with Gasteiger partial charge < -0.3 is 5.11 Å². The summed E-state index contributed by atoms with van der Waals surface area (Å²) in [7, 11) is -3.55. The number of aliphatic hydroxyl groups excluding tert-OH is 1. The van der Waals surface area contributed by atoms with Gasteiger partial charge in [-0.25, -0.2) is 13.1 Å². The lowest BCUT2D eigenvalue weighted by atomic mass is 10.2. The predicted molar refractivity (Wildman–Crippen MR) is 65.6 cm³/mol. The normalized spacial score (nSPS) is 15.8. The number of aliphatic hydroxyl groups is 1. The summed E-state index contributed by atoms with van der Waals surface area (Å²) in [5, 5.41) is 9.24. The van der Waals surface area contributed by atoms with Crippen molar-refractivity contribution in [2.24, 2.45) is 0 Å². The lowest BCUT2D eigenvalue weighted by Gasteiger charge is -2.16. The summed E-state index contributed by atoms with van der Waals surface area (Å²) >= 11 is 3.23. The summed E-state index contributed by atoms with van der Waals surface area (Å²) in [5.41, 5.74) is 0. The molecule has 1 aromatic rings. The molecule has 2 N–H and O–H groups in total. The average molecular weight is 308 g/mol. The van der Waals surface area contributed by atoms with E-state index in [2.05, 4.69) is 20.7 Å². The Hall–Kier alpha value is -0.430. The zero-order chi connectivity index (χ0) is 12.3. The molecule has 16 heavy (non-hydrogen) atoms. The lowest BCUT2D eigenvalue weighted by molar-refractivity contribution is 0.163. The Morgan fingerprint density at radius 3 is 2.19 bits per heavy atom. The van der Waals surface area contributed by atoms with E-state index in [1.165, 1.54) is 19.1 Å². The molecule has 0 saturated carbocycles. The van der Waals surface area contributed by atoms with Gasteiger partial charge in [-0.3, -0.25) is 0 Å². The number of hydrogen-bond donors (Lipinski definition) is 2. The maximum Gasteiger partial charge on any atom is 0.240 e. The fourth-order valence-electron chi connectivity index (χ4n) is 1.02. The van der Waals surface area contributed by atoms with E-state index in [9.17, 15) is 13.5 Å². The van der Waals surface area contributed by atoms with Gasteiger partial charge in [0, 0.05) is 10.5 Å². The molecular weight excluding hydrogens is 294 g/mol. The molecule has 1 rings (SSSR count). The van der Waals surface area contributed by atoms with Crippen molar-refractivity contribution in [1.82, 2.24) is 4.72 Å². The van der Waals surface area contributed by atoms with E-state index in [4.69, 9.17) is 0 Å². The first-order chi connectivity index (χ1) is 7.33. The molecule has 0 radical (unpaired) electrons. The smallest absolute Gasteiger partial charge is 0.240 e. The number of sulfonamides is 1. The number of nitrogens with one attached hydrogen (secondary N) is 1. The van der Waals surface area contributed by atoms with Gasteiger partial charge in [0.05, 0.1) is 11.0 Å². The third-order valence-corrected chi connectivity index (χ3v) is 4.29. The van der Waals surface area contributed by atoms with Gasteiger partial charge in [-0.15, -0.1) is 0 Å². The van der Waals surface area contributed by atoms with Crippen molar-refractivity contribution in [2.45, 2.75) is 30.9 Å². The van der Waals surface area contributed by atoms with Crippen LogP contribution in [0.5, 0.6) is 0 Å². The van der Waals surface area contributed by atoms with Gasteiger partial charge in [0.1, 0.15) is 0 Å². The van der Waals surface area contributed by atoms with E-state index in [0.717, 1.165) is 4.47 Å². The van der Waals surface area contributed by atoms with E-state index in [1.807, 2.05) is 0 Å². The molecule has 0 fully saturated rings. The van der Waals surface area contributed by atoms with Gasteiger partial charge in [0.2, 0.25) is 10.0 Å². The van der Waals surface area contributed by atoms with E-state index in [1.54, 1.807) is 19.1 Å². The number of benzene rings is 1. The molecular formula is C10H14BrNO3S. The zero-order valence-electron chi connectivity index (χ0n) is 9.01. The molecule has 0 aliphatic carbocycles. The van der Waals surface area contributed by atoms with Crippen molar-refractivity contribution in [3.8, 4) is 0 Å². The van der Waals surface area contributed by atoms with Crippen LogP contribution in [0.3, 0.4) is 0 Å². The molecule has 0 heterocycles. The summed E-state index contributed by atoms with van der Waals surface area (Å²) in [5.74, 6) is 0. The Bertz CT molecular complexity index is 442. The third kappa shape index (κ3) is 3.55. The fraction of sp³-hybridized carbons (Fsp3) is 0.400. The van der Waals surface area contributed by atoms with Crippen LogP contribution in [0.15, 0.2) is 33.6 Å².